The van der Waals surface area contributed by atoms with E-state index in [0.717, 1.165) is 22.3 Å². The lowest BCUT2D eigenvalue weighted by molar-refractivity contribution is 0.181. The average Bonchev–Trinajstić information content (AvgIpc) is 2.95. The number of aryl methyl sites for hydroxylation is 2. The number of methoxy groups -OCH3 is 1. The topological polar surface area (TPSA) is 75.9 Å². The second kappa shape index (κ2) is 7.67. The van der Waals surface area contributed by atoms with Gasteiger partial charge in [0, 0.05) is 32.7 Å². The van der Waals surface area contributed by atoms with E-state index in [4.69, 9.17) is 9.26 Å². The third-order valence-electron chi connectivity index (χ3n) is 4.52. The smallest absolute Gasteiger partial charge is 0.248 e. The van der Waals surface area contributed by atoms with Crippen LogP contribution in [0.25, 0.3) is 0 Å². The molecule has 0 bridgehead atoms. The van der Waals surface area contributed by atoms with Crippen molar-refractivity contribution in [3.8, 4) is 5.75 Å². The SMILES string of the molecule is COc1ccc(CN2CCN(S(=O)(=O)c3c(C)noc3C)CC2)cc1Br. The van der Waals surface area contributed by atoms with Crippen molar-refractivity contribution in [3.05, 3.63) is 39.7 Å². The summed E-state index contributed by atoms with van der Waals surface area (Å²) in [5, 5.41) is 3.76. The van der Waals surface area contributed by atoms with Gasteiger partial charge in [0.05, 0.1) is 11.6 Å². The number of nitrogens with zero attached hydrogens (tertiary/aromatic N) is 3. The van der Waals surface area contributed by atoms with Gasteiger partial charge in [0.1, 0.15) is 16.3 Å². The molecule has 0 amide bonds. The van der Waals surface area contributed by atoms with Gasteiger partial charge < -0.3 is 9.26 Å². The Morgan fingerprint density at radius 2 is 1.92 bits per heavy atom. The van der Waals surface area contributed by atoms with E-state index in [9.17, 15) is 8.42 Å². The van der Waals surface area contributed by atoms with E-state index in [1.165, 1.54) is 4.31 Å². The summed E-state index contributed by atoms with van der Waals surface area (Å²) in [6.07, 6.45) is 0. The van der Waals surface area contributed by atoms with E-state index in [0.29, 0.717) is 37.6 Å². The van der Waals surface area contributed by atoms with Crippen LogP contribution < -0.4 is 4.74 Å². The molecule has 1 aromatic carbocycles. The maximum Gasteiger partial charge on any atom is 0.248 e. The molecule has 0 atom stereocenters. The van der Waals surface area contributed by atoms with Crippen LogP contribution >= 0.6 is 15.9 Å². The van der Waals surface area contributed by atoms with Gasteiger partial charge in [-0.25, -0.2) is 8.42 Å². The van der Waals surface area contributed by atoms with Crippen molar-refractivity contribution in [2.45, 2.75) is 25.3 Å². The van der Waals surface area contributed by atoms with Gasteiger partial charge in [0.15, 0.2) is 5.76 Å². The number of aromatic nitrogens is 1. The van der Waals surface area contributed by atoms with Gasteiger partial charge in [0.25, 0.3) is 0 Å². The van der Waals surface area contributed by atoms with Crippen molar-refractivity contribution < 1.29 is 17.7 Å². The lowest BCUT2D eigenvalue weighted by Gasteiger charge is -2.33. The molecule has 142 valence electrons. The molecule has 7 nitrogen and oxygen atoms in total. The van der Waals surface area contributed by atoms with Crippen molar-refractivity contribution >= 4 is 26.0 Å². The normalized spacial score (nSPS) is 16.8. The molecule has 9 heteroatoms. The zero-order valence-electron chi connectivity index (χ0n) is 15.0. The number of hydrogen-bond donors (Lipinski definition) is 0. The van der Waals surface area contributed by atoms with Crippen molar-refractivity contribution in [1.82, 2.24) is 14.4 Å². The van der Waals surface area contributed by atoms with E-state index in [1.54, 1.807) is 21.0 Å². The number of ether oxygens (including phenoxy) is 1. The fourth-order valence-corrected chi connectivity index (χ4v) is 5.47. The summed E-state index contributed by atoms with van der Waals surface area (Å²) in [7, 11) is -1.93. The maximum atomic E-state index is 12.9. The van der Waals surface area contributed by atoms with E-state index < -0.39 is 10.0 Å². The second-order valence-electron chi connectivity index (χ2n) is 6.30. The third-order valence-corrected chi connectivity index (χ3v) is 7.28. The van der Waals surface area contributed by atoms with Crippen molar-refractivity contribution in [2.75, 3.05) is 33.3 Å². The third kappa shape index (κ3) is 3.80. The Morgan fingerprint density at radius 1 is 1.23 bits per heavy atom. The Hall–Kier alpha value is -1.42. The van der Waals surface area contributed by atoms with Gasteiger partial charge >= 0.3 is 0 Å². The number of rotatable bonds is 5. The molecular weight excluding hydrogens is 422 g/mol. The minimum Gasteiger partial charge on any atom is -0.496 e. The highest BCUT2D eigenvalue weighted by Crippen LogP contribution is 2.27. The monoisotopic (exact) mass is 443 g/mol. The first-order valence-corrected chi connectivity index (χ1v) is 10.5. The first-order valence-electron chi connectivity index (χ1n) is 8.30. The first-order chi connectivity index (χ1) is 12.3. The molecule has 0 unspecified atom stereocenters. The lowest BCUT2D eigenvalue weighted by atomic mass is 10.2. The van der Waals surface area contributed by atoms with Gasteiger partial charge in [-0.1, -0.05) is 11.2 Å². The number of halogens is 1. The second-order valence-corrected chi connectivity index (χ2v) is 9.03. The van der Waals surface area contributed by atoms with Crippen LogP contribution in [0.4, 0.5) is 0 Å². The number of hydrogen-bond acceptors (Lipinski definition) is 6. The number of sulfonamides is 1. The molecule has 2 heterocycles. The molecule has 1 saturated heterocycles. The summed E-state index contributed by atoms with van der Waals surface area (Å²) in [6, 6.07) is 5.99. The first kappa shape index (κ1) is 19.3. The van der Waals surface area contributed by atoms with E-state index >= 15 is 0 Å². The minimum atomic E-state index is -3.57. The molecular formula is C17H22BrN3O4S. The lowest BCUT2D eigenvalue weighted by Crippen LogP contribution is -2.48. The van der Waals surface area contributed by atoms with Crippen LogP contribution in [-0.4, -0.2) is 56.1 Å². The Morgan fingerprint density at radius 3 is 2.46 bits per heavy atom. The predicted molar refractivity (Wildman–Crippen MR) is 101 cm³/mol. The van der Waals surface area contributed by atoms with E-state index in [-0.39, 0.29) is 4.90 Å². The highest BCUT2D eigenvalue weighted by molar-refractivity contribution is 9.10. The number of benzene rings is 1. The van der Waals surface area contributed by atoms with Crippen LogP contribution in [-0.2, 0) is 16.6 Å². The maximum absolute atomic E-state index is 12.9. The summed E-state index contributed by atoms with van der Waals surface area (Å²) in [4.78, 5) is 2.44. The fraction of sp³-hybridized carbons (Fsp3) is 0.471. The Balaban J connectivity index is 1.65. The molecule has 2 aromatic rings. The Bertz CT molecular complexity index is 870. The summed E-state index contributed by atoms with van der Waals surface area (Å²) < 4.78 is 38.4. The zero-order chi connectivity index (χ0) is 18.9. The quantitative estimate of drug-likeness (QED) is 0.706. The number of piperazine rings is 1. The molecule has 26 heavy (non-hydrogen) atoms. The molecule has 0 aliphatic carbocycles. The molecule has 1 aromatic heterocycles. The molecule has 1 fully saturated rings. The van der Waals surface area contributed by atoms with Crippen LogP contribution in [0.1, 0.15) is 17.0 Å². The van der Waals surface area contributed by atoms with Gasteiger partial charge in [-0.05, 0) is 47.5 Å². The van der Waals surface area contributed by atoms with Crippen LogP contribution in [0, 0.1) is 13.8 Å². The van der Waals surface area contributed by atoms with Crippen molar-refractivity contribution in [3.63, 3.8) is 0 Å². The predicted octanol–water partition coefficient (Wildman–Crippen LogP) is 2.57. The summed E-state index contributed by atoms with van der Waals surface area (Å²) in [6.45, 7) is 6.29. The van der Waals surface area contributed by atoms with Crippen LogP contribution in [0.3, 0.4) is 0 Å². The average molecular weight is 444 g/mol. The molecule has 1 aliphatic rings. The van der Waals surface area contributed by atoms with E-state index in [1.807, 2.05) is 18.2 Å². The fourth-order valence-electron chi connectivity index (χ4n) is 3.17. The van der Waals surface area contributed by atoms with Crippen LogP contribution in [0.15, 0.2) is 32.1 Å². The summed E-state index contributed by atoms with van der Waals surface area (Å²) in [5.74, 6) is 1.14. The van der Waals surface area contributed by atoms with Crippen LogP contribution in [0.5, 0.6) is 5.75 Å². The summed E-state index contributed by atoms with van der Waals surface area (Å²) >= 11 is 3.50. The molecule has 0 saturated carbocycles. The van der Waals surface area contributed by atoms with Crippen molar-refractivity contribution in [2.24, 2.45) is 0 Å². The largest absolute Gasteiger partial charge is 0.496 e. The van der Waals surface area contributed by atoms with Gasteiger partial charge in [-0.3, -0.25) is 4.90 Å². The van der Waals surface area contributed by atoms with Gasteiger partial charge in [0.2, 0.25) is 10.0 Å². The summed E-state index contributed by atoms with van der Waals surface area (Å²) in [5.41, 5.74) is 1.56. The van der Waals surface area contributed by atoms with Gasteiger partial charge in [-0.2, -0.15) is 4.31 Å². The van der Waals surface area contributed by atoms with E-state index in [2.05, 4.69) is 26.0 Å². The van der Waals surface area contributed by atoms with Crippen LogP contribution in [0.2, 0.25) is 0 Å². The molecule has 0 N–H and O–H groups in total. The molecule has 1 aliphatic heterocycles. The minimum absolute atomic E-state index is 0.199. The Labute approximate surface area is 162 Å². The van der Waals surface area contributed by atoms with Gasteiger partial charge in [-0.15, -0.1) is 0 Å². The highest BCUT2D eigenvalue weighted by atomic mass is 79.9. The molecule has 0 spiro atoms. The standard InChI is InChI=1S/C17H22BrN3O4S/c1-12-17(13(2)25-19-12)26(22,23)21-8-6-20(7-9-21)11-14-4-5-16(24-3)15(18)10-14/h4-5,10H,6-9,11H2,1-3H3. The zero-order valence-corrected chi connectivity index (χ0v) is 17.4. The molecule has 3 rings (SSSR count). The molecule has 0 radical (unpaired) electrons. The highest BCUT2D eigenvalue weighted by Gasteiger charge is 2.33. The Kier molecular flexibility index (Phi) is 5.71. The van der Waals surface area contributed by atoms with Crippen molar-refractivity contribution in [1.29, 1.82) is 0 Å².